The Kier molecular flexibility index (Phi) is 6.50. The lowest BCUT2D eigenvalue weighted by Crippen LogP contribution is -2.47. The van der Waals surface area contributed by atoms with Gasteiger partial charge in [-0.15, -0.1) is 0 Å². The number of hydrogen-bond acceptors (Lipinski definition) is 3. The third-order valence-electron chi connectivity index (χ3n) is 6.28. The highest BCUT2D eigenvalue weighted by atomic mass is 16.2. The van der Waals surface area contributed by atoms with Gasteiger partial charge in [0.1, 0.15) is 0 Å². The van der Waals surface area contributed by atoms with Crippen LogP contribution in [0.5, 0.6) is 0 Å². The molecule has 1 aliphatic heterocycles. The molecule has 1 fully saturated rings. The van der Waals surface area contributed by atoms with Gasteiger partial charge in [-0.1, -0.05) is 54.6 Å². The summed E-state index contributed by atoms with van der Waals surface area (Å²) in [6.07, 6.45) is 1.21. The minimum Gasteiger partial charge on any atom is -0.399 e. The first-order valence-corrected chi connectivity index (χ1v) is 11.5. The molecule has 5 nitrogen and oxygen atoms in total. The van der Waals surface area contributed by atoms with Gasteiger partial charge >= 0.3 is 0 Å². The lowest BCUT2D eigenvalue weighted by molar-refractivity contribution is -0.130. The van der Waals surface area contributed by atoms with E-state index >= 15 is 0 Å². The van der Waals surface area contributed by atoms with E-state index < -0.39 is 5.41 Å². The fourth-order valence-electron chi connectivity index (χ4n) is 4.56. The SMILES string of the molecule is CC(C)NC(=O)[C@]1(Cc2cccc(-c3ccccc3)c2)CCN(C(=O)c2ccc(N)cc2)C1. The molecule has 1 aliphatic rings. The van der Waals surface area contributed by atoms with Crippen molar-refractivity contribution in [3.8, 4) is 11.1 Å². The van der Waals surface area contributed by atoms with E-state index in [0.717, 1.165) is 16.7 Å². The summed E-state index contributed by atoms with van der Waals surface area (Å²) < 4.78 is 0. The van der Waals surface area contributed by atoms with Gasteiger partial charge in [-0.25, -0.2) is 0 Å². The monoisotopic (exact) mass is 441 g/mol. The van der Waals surface area contributed by atoms with Gasteiger partial charge in [-0.2, -0.15) is 0 Å². The third-order valence-corrected chi connectivity index (χ3v) is 6.28. The van der Waals surface area contributed by atoms with Crippen LogP contribution in [0.15, 0.2) is 78.9 Å². The highest BCUT2D eigenvalue weighted by molar-refractivity contribution is 5.95. The summed E-state index contributed by atoms with van der Waals surface area (Å²) in [5, 5.41) is 3.11. The average Bonchev–Trinajstić information content (AvgIpc) is 3.25. The van der Waals surface area contributed by atoms with E-state index in [4.69, 9.17) is 5.73 Å². The van der Waals surface area contributed by atoms with Gasteiger partial charge in [-0.3, -0.25) is 9.59 Å². The van der Waals surface area contributed by atoms with E-state index in [1.54, 1.807) is 29.2 Å². The summed E-state index contributed by atoms with van der Waals surface area (Å²) in [4.78, 5) is 28.4. The summed E-state index contributed by atoms with van der Waals surface area (Å²) in [5.74, 6) is -0.0533. The molecule has 1 atom stereocenters. The van der Waals surface area contributed by atoms with Crippen LogP contribution >= 0.6 is 0 Å². The van der Waals surface area contributed by atoms with Gasteiger partial charge in [0.05, 0.1) is 5.41 Å². The van der Waals surface area contributed by atoms with Crippen LogP contribution in [-0.4, -0.2) is 35.8 Å². The maximum Gasteiger partial charge on any atom is 0.253 e. The number of hydrogen-bond donors (Lipinski definition) is 2. The fourth-order valence-corrected chi connectivity index (χ4v) is 4.56. The van der Waals surface area contributed by atoms with Crippen molar-refractivity contribution in [2.24, 2.45) is 5.41 Å². The average molecular weight is 442 g/mol. The number of likely N-dealkylation sites (tertiary alicyclic amines) is 1. The summed E-state index contributed by atoms with van der Waals surface area (Å²) in [5.41, 5.74) is 9.69. The molecule has 1 heterocycles. The second-order valence-corrected chi connectivity index (χ2v) is 9.25. The van der Waals surface area contributed by atoms with E-state index in [9.17, 15) is 9.59 Å². The predicted molar refractivity (Wildman–Crippen MR) is 133 cm³/mol. The molecule has 0 aromatic heterocycles. The Bertz CT molecular complexity index is 1130. The Hall–Kier alpha value is -3.60. The second-order valence-electron chi connectivity index (χ2n) is 9.25. The molecule has 1 saturated heterocycles. The standard InChI is InChI=1S/C28H31N3O2/c1-20(2)30-27(33)28(15-16-31(19-28)26(32)23-11-13-25(29)14-12-23)18-21-7-6-10-24(17-21)22-8-4-3-5-9-22/h3-14,17,20H,15-16,18-19,29H2,1-2H3,(H,30,33)/t28-/m0/s1. The number of nitrogens with two attached hydrogens (primary N) is 1. The van der Waals surface area contributed by atoms with Gasteiger partial charge in [0, 0.05) is 30.4 Å². The number of carbonyl (C=O) groups is 2. The Balaban J connectivity index is 1.60. The molecule has 0 unspecified atom stereocenters. The van der Waals surface area contributed by atoms with Crippen molar-refractivity contribution in [1.29, 1.82) is 0 Å². The molecule has 5 heteroatoms. The van der Waals surface area contributed by atoms with Crippen LogP contribution < -0.4 is 11.1 Å². The molecule has 4 rings (SSSR count). The number of nitrogen functional groups attached to an aromatic ring is 1. The number of anilines is 1. The number of amides is 2. The Morgan fingerprint density at radius 1 is 0.970 bits per heavy atom. The van der Waals surface area contributed by atoms with Crippen LogP contribution in [0, 0.1) is 5.41 Å². The van der Waals surface area contributed by atoms with Crippen LogP contribution in [0.1, 0.15) is 36.2 Å². The maximum absolute atomic E-state index is 13.4. The molecule has 170 valence electrons. The predicted octanol–water partition coefficient (Wildman–Crippen LogP) is 4.54. The van der Waals surface area contributed by atoms with E-state index in [1.165, 1.54) is 0 Å². The zero-order valence-corrected chi connectivity index (χ0v) is 19.3. The van der Waals surface area contributed by atoms with Crippen molar-refractivity contribution < 1.29 is 9.59 Å². The lowest BCUT2D eigenvalue weighted by Gasteiger charge is -2.29. The summed E-state index contributed by atoms with van der Waals surface area (Å²) in [7, 11) is 0. The van der Waals surface area contributed by atoms with Gasteiger partial charge < -0.3 is 16.0 Å². The largest absolute Gasteiger partial charge is 0.399 e. The van der Waals surface area contributed by atoms with Crippen molar-refractivity contribution in [3.05, 3.63) is 90.0 Å². The molecule has 3 aromatic rings. The van der Waals surface area contributed by atoms with Crippen molar-refractivity contribution >= 4 is 17.5 Å². The minimum absolute atomic E-state index is 0.00946. The first kappa shape index (κ1) is 22.6. The molecular weight excluding hydrogens is 410 g/mol. The minimum atomic E-state index is -0.664. The number of rotatable bonds is 6. The molecule has 3 N–H and O–H groups in total. The molecule has 33 heavy (non-hydrogen) atoms. The smallest absolute Gasteiger partial charge is 0.253 e. The summed E-state index contributed by atoms with van der Waals surface area (Å²) >= 11 is 0. The van der Waals surface area contributed by atoms with Gasteiger partial charge in [-0.05, 0) is 67.6 Å². The van der Waals surface area contributed by atoms with Crippen LogP contribution in [0.2, 0.25) is 0 Å². The molecule has 0 saturated carbocycles. The first-order chi connectivity index (χ1) is 15.9. The third kappa shape index (κ3) is 5.08. The number of nitrogens with zero attached hydrogens (tertiary/aromatic N) is 1. The van der Waals surface area contributed by atoms with Gasteiger partial charge in [0.15, 0.2) is 0 Å². The van der Waals surface area contributed by atoms with Crippen LogP contribution in [-0.2, 0) is 11.2 Å². The van der Waals surface area contributed by atoms with Gasteiger partial charge in [0.25, 0.3) is 5.91 Å². The first-order valence-electron chi connectivity index (χ1n) is 11.5. The topological polar surface area (TPSA) is 75.4 Å². The van der Waals surface area contributed by atoms with Crippen LogP contribution in [0.4, 0.5) is 5.69 Å². The molecule has 0 radical (unpaired) electrons. The normalized spacial score (nSPS) is 17.8. The van der Waals surface area contributed by atoms with Crippen LogP contribution in [0.3, 0.4) is 0 Å². The highest BCUT2D eigenvalue weighted by Crippen LogP contribution is 2.36. The van der Waals surface area contributed by atoms with Crippen LogP contribution in [0.25, 0.3) is 11.1 Å². The van der Waals surface area contributed by atoms with Crippen molar-refractivity contribution in [2.75, 3.05) is 18.8 Å². The molecule has 0 bridgehead atoms. The van der Waals surface area contributed by atoms with Gasteiger partial charge in [0.2, 0.25) is 5.91 Å². The summed E-state index contributed by atoms with van der Waals surface area (Å²) in [6.45, 7) is 4.87. The molecular formula is C28H31N3O2. The Morgan fingerprint density at radius 2 is 1.67 bits per heavy atom. The fraction of sp³-hybridized carbons (Fsp3) is 0.286. The molecule has 2 amide bonds. The summed E-state index contributed by atoms with van der Waals surface area (Å²) in [6, 6.07) is 25.6. The highest BCUT2D eigenvalue weighted by Gasteiger charge is 2.46. The zero-order valence-electron chi connectivity index (χ0n) is 19.3. The number of nitrogens with one attached hydrogen (secondary N) is 1. The molecule has 0 aliphatic carbocycles. The molecule has 3 aromatic carbocycles. The Morgan fingerprint density at radius 3 is 2.36 bits per heavy atom. The van der Waals surface area contributed by atoms with E-state index in [1.807, 2.05) is 38.1 Å². The number of carbonyl (C=O) groups excluding carboxylic acids is 2. The second kappa shape index (κ2) is 9.49. The lowest BCUT2D eigenvalue weighted by atomic mass is 9.79. The van der Waals surface area contributed by atoms with E-state index in [2.05, 4.69) is 35.6 Å². The quantitative estimate of drug-likeness (QED) is 0.552. The molecule has 0 spiro atoms. The Labute approximate surface area is 195 Å². The maximum atomic E-state index is 13.4. The van der Waals surface area contributed by atoms with Crippen molar-refractivity contribution in [1.82, 2.24) is 10.2 Å². The van der Waals surface area contributed by atoms with Crippen molar-refractivity contribution in [2.45, 2.75) is 32.7 Å². The zero-order chi connectivity index (χ0) is 23.4. The number of benzene rings is 3. The van der Waals surface area contributed by atoms with Crippen molar-refractivity contribution in [3.63, 3.8) is 0 Å². The van der Waals surface area contributed by atoms with E-state index in [-0.39, 0.29) is 17.9 Å². The van der Waals surface area contributed by atoms with E-state index in [0.29, 0.717) is 37.2 Å².